The van der Waals surface area contributed by atoms with Crippen LogP contribution in [0.25, 0.3) is 10.2 Å². The first-order valence-corrected chi connectivity index (χ1v) is 14.8. The summed E-state index contributed by atoms with van der Waals surface area (Å²) < 4.78 is 47.9. The Morgan fingerprint density at radius 3 is 2.38 bits per heavy atom. The molecular weight excluding hydrogens is 515 g/mol. The number of para-hydroxylation sites is 1. The molecule has 1 fully saturated rings. The van der Waals surface area contributed by atoms with E-state index in [9.17, 15) is 17.6 Å². The largest absolute Gasteiger partial charge is 0.497 e. The monoisotopic (exact) mass is 548 g/mol. The Balaban J connectivity index is 1.51. The second-order valence-corrected chi connectivity index (χ2v) is 11.9. The van der Waals surface area contributed by atoms with Crippen molar-refractivity contribution in [3.63, 3.8) is 0 Å². The van der Waals surface area contributed by atoms with Crippen molar-refractivity contribution in [2.24, 2.45) is 5.92 Å². The van der Waals surface area contributed by atoms with E-state index in [4.69, 9.17) is 4.74 Å². The Labute approximate surface area is 221 Å². The van der Waals surface area contributed by atoms with E-state index in [1.165, 1.54) is 41.0 Å². The number of ether oxygens (including phenoxy) is 1. The number of halogens is 1. The van der Waals surface area contributed by atoms with Crippen LogP contribution in [0.4, 0.5) is 9.52 Å². The number of rotatable bonds is 10. The van der Waals surface area contributed by atoms with Crippen LogP contribution in [0.3, 0.4) is 0 Å². The number of hydrogen-bond donors (Lipinski definition) is 0. The average Bonchev–Trinajstić information content (AvgIpc) is 3.36. The smallest absolute Gasteiger partial charge is 0.243 e. The maximum absolute atomic E-state index is 14.3. The molecule has 0 bridgehead atoms. The number of aromatic nitrogens is 1. The van der Waals surface area contributed by atoms with Gasteiger partial charge in [-0.1, -0.05) is 31.3 Å². The van der Waals surface area contributed by atoms with Gasteiger partial charge >= 0.3 is 0 Å². The van der Waals surface area contributed by atoms with Gasteiger partial charge in [0.2, 0.25) is 15.9 Å². The van der Waals surface area contributed by atoms with Crippen molar-refractivity contribution in [1.82, 2.24) is 14.2 Å². The van der Waals surface area contributed by atoms with Crippen LogP contribution in [0.15, 0.2) is 47.4 Å². The van der Waals surface area contributed by atoms with Gasteiger partial charge in [-0.05, 0) is 62.3 Å². The zero-order valence-electron chi connectivity index (χ0n) is 21.4. The molecule has 0 radical (unpaired) electrons. The van der Waals surface area contributed by atoms with Gasteiger partial charge in [0, 0.05) is 32.1 Å². The van der Waals surface area contributed by atoms with Crippen LogP contribution in [0.2, 0.25) is 0 Å². The van der Waals surface area contributed by atoms with Gasteiger partial charge in [0.15, 0.2) is 5.13 Å². The minimum Gasteiger partial charge on any atom is -0.497 e. The first kappa shape index (κ1) is 27.4. The Bertz CT molecular complexity index is 1320. The van der Waals surface area contributed by atoms with Crippen molar-refractivity contribution in [3.05, 3.63) is 48.3 Å². The molecule has 200 valence electrons. The van der Waals surface area contributed by atoms with Crippen LogP contribution in [-0.2, 0) is 14.8 Å². The molecule has 1 aliphatic rings. The number of hydrogen-bond acceptors (Lipinski definition) is 7. The highest BCUT2D eigenvalue weighted by Gasteiger charge is 2.35. The number of anilines is 1. The highest BCUT2D eigenvalue weighted by atomic mass is 32.2. The number of sulfonamides is 1. The lowest BCUT2D eigenvalue weighted by Gasteiger charge is -2.33. The summed E-state index contributed by atoms with van der Waals surface area (Å²) in [6.07, 6.45) is 0.824. The highest BCUT2D eigenvalue weighted by Crippen LogP contribution is 2.33. The number of amides is 1. The molecule has 2 aromatic carbocycles. The second-order valence-electron chi connectivity index (χ2n) is 8.95. The quantitative estimate of drug-likeness (QED) is 0.377. The van der Waals surface area contributed by atoms with Crippen molar-refractivity contribution in [3.8, 4) is 5.75 Å². The van der Waals surface area contributed by atoms with E-state index in [1.807, 2.05) is 0 Å². The summed E-state index contributed by atoms with van der Waals surface area (Å²) in [5.74, 6) is -0.250. The van der Waals surface area contributed by atoms with E-state index in [0.717, 1.165) is 13.1 Å². The molecule has 11 heteroatoms. The number of carbonyl (C=O) groups is 1. The molecule has 8 nitrogen and oxygen atoms in total. The van der Waals surface area contributed by atoms with Gasteiger partial charge in [-0.2, -0.15) is 4.31 Å². The van der Waals surface area contributed by atoms with E-state index in [0.29, 0.717) is 41.5 Å². The van der Waals surface area contributed by atoms with Crippen molar-refractivity contribution in [2.75, 3.05) is 51.3 Å². The normalized spacial score (nSPS) is 15.4. The van der Waals surface area contributed by atoms with Gasteiger partial charge in [0.1, 0.15) is 17.1 Å². The predicted molar refractivity (Wildman–Crippen MR) is 144 cm³/mol. The first-order valence-electron chi connectivity index (χ1n) is 12.5. The third-order valence-corrected chi connectivity index (χ3v) is 9.85. The lowest BCUT2D eigenvalue weighted by atomic mass is 9.96. The lowest BCUT2D eigenvalue weighted by Crippen LogP contribution is -2.46. The van der Waals surface area contributed by atoms with Crippen molar-refractivity contribution >= 4 is 42.6 Å². The topological polar surface area (TPSA) is 83.0 Å². The molecule has 0 atom stereocenters. The van der Waals surface area contributed by atoms with E-state index < -0.39 is 15.8 Å². The summed E-state index contributed by atoms with van der Waals surface area (Å²) in [6, 6.07) is 11.1. The first-order chi connectivity index (χ1) is 17.8. The maximum Gasteiger partial charge on any atom is 0.243 e. The molecule has 0 saturated carbocycles. The number of thiazole rings is 1. The SMILES string of the molecule is CCN(CC)CCN(C(=O)C1CCN(S(=O)(=O)c2ccc(OC)cc2)CC1)c1nc2c(F)cccc2s1. The number of piperidine rings is 1. The highest BCUT2D eigenvalue weighted by molar-refractivity contribution is 7.89. The summed E-state index contributed by atoms with van der Waals surface area (Å²) in [5.41, 5.74) is 0.267. The summed E-state index contributed by atoms with van der Waals surface area (Å²) in [4.78, 5) is 22.3. The third-order valence-electron chi connectivity index (χ3n) is 6.89. The van der Waals surface area contributed by atoms with Crippen LogP contribution in [0, 0.1) is 11.7 Å². The Morgan fingerprint density at radius 2 is 1.78 bits per heavy atom. The third kappa shape index (κ3) is 5.95. The molecule has 1 aliphatic heterocycles. The zero-order valence-corrected chi connectivity index (χ0v) is 23.0. The summed E-state index contributed by atoms with van der Waals surface area (Å²) in [6.45, 7) is 7.47. The molecular formula is C26H33FN4O4S2. The fraction of sp³-hybridized carbons (Fsp3) is 0.462. The lowest BCUT2D eigenvalue weighted by molar-refractivity contribution is -0.123. The van der Waals surface area contributed by atoms with E-state index in [1.54, 1.807) is 29.2 Å². The Morgan fingerprint density at radius 1 is 1.11 bits per heavy atom. The molecule has 37 heavy (non-hydrogen) atoms. The number of methoxy groups -OCH3 is 1. The standard InChI is InChI=1S/C26H33FN4O4S2/c1-4-29(5-2)17-18-31(26-28-24-22(27)7-6-8-23(24)36-26)25(32)19-13-15-30(16-14-19)37(33,34)21-11-9-20(35-3)10-12-21/h6-12,19H,4-5,13-18H2,1-3H3. The Hall–Kier alpha value is -2.60. The van der Waals surface area contributed by atoms with Gasteiger partial charge in [-0.25, -0.2) is 17.8 Å². The second kappa shape index (κ2) is 11.8. The maximum atomic E-state index is 14.3. The van der Waals surface area contributed by atoms with Crippen LogP contribution in [-0.4, -0.2) is 74.9 Å². The minimum atomic E-state index is -3.66. The molecule has 4 rings (SSSR count). The number of likely N-dealkylation sites (N-methyl/N-ethyl adjacent to an activating group) is 1. The predicted octanol–water partition coefficient (Wildman–Crippen LogP) is 4.22. The van der Waals surface area contributed by atoms with Crippen molar-refractivity contribution < 1.29 is 22.3 Å². The zero-order chi connectivity index (χ0) is 26.6. The molecule has 1 amide bonds. The van der Waals surface area contributed by atoms with Crippen molar-refractivity contribution in [2.45, 2.75) is 31.6 Å². The molecule has 0 aliphatic carbocycles. The van der Waals surface area contributed by atoms with Gasteiger partial charge in [0.05, 0.1) is 16.7 Å². The molecule has 1 aromatic heterocycles. The number of carbonyl (C=O) groups excluding carboxylic acids is 1. The van der Waals surface area contributed by atoms with Crippen LogP contribution in [0.1, 0.15) is 26.7 Å². The van der Waals surface area contributed by atoms with Gasteiger partial charge in [0.25, 0.3) is 0 Å². The number of nitrogens with zero attached hydrogens (tertiary/aromatic N) is 4. The van der Waals surface area contributed by atoms with Crippen LogP contribution >= 0.6 is 11.3 Å². The number of benzene rings is 2. The molecule has 0 N–H and O–H groups in total. The number of fused-ring (bicyclic) bond motifs is 1. The molecule has 2 heterocycles. The molecule has 1 saturated heterocycles. The van der Waals surface area contributed by atoms with Crippen molar-refractivity contribution in [1.29, 1.82) is 0 Å². The van der Waals surface area contributed by atoms with Crippen LogP contribution in [0.5, 0.6) is 5.75 Å². The van der Waals surface area contributed by atoms with E-state index in [2.05, 4.69) is 23.7 Å². The van der Waals surface area contributed by atoms with Gasteiger partial charge in [-0.3, -0.25) is 9.69 Å². The fourth-order valence-electron chi connectivity index (χ4n) is 4.56. The molecule has 3 aromatic rings. The van der Waals surface area contributed by atoms with Gasteiger partial charge < -0.3 is 9.64 Å². The fourth-order valence-corrected chi connectivity index (χ4v) is 7.04. The van der Waals surface area contributed by atoms with Crippen LogP contribution < -0.4 is 9.64 Å². The average molecular weight is 549 g/mol. The Kier molecular flexibility index (Phi) is 8.79. The minimum absolute atomic E-state index is 0.0897. The molecule has 0 unspecified atom stereocenters. The summed E-state index contributed by atoms with van der Waals surface area (Å²) in [5, 5.41) is 0.477. The summed E-state index contributed by atoms with van der Waals surface area (Å²) >= 11 is 1.30. The van der Waals surface area contributed by atoms with E-state index >= 15 is 0 Å². The molecule has 0 spiro atoms. The summed E-state index contributed by atoms with van der Waals surface area (Å²) in [7, 11) is -2.14. The van der Waals surface area contributed by atoms with Gasteiger partial charge in [-0.15, -0.1) is 0 Å². The van der Waals surface area contributed by atoms with E-state index in [-0.39, 0.29) is 35.3 Å².